The number of aromatic nitrogens is 2. The summed E-state index contributed by atoms with van der Waals surface area (Å²) in [5.74, 6) is 0. The molecule has 2 heterocycles. The minimum atomic E-state index is -4.41. The molecule has 19 heavy (non-hydrogen) atoms. The number of halogens is 3. The second kappa shape index (κ2) is 5.66. The Morgan fingerprint density at radius 3 is 2.68 bits per heavy atom. The molecule has 1 N–H and O–H groups in total. The van der Waals surface area contributed by atoms with Crippen molar-refractivity contribution in [2.45, 2.75) is 19.1 Å². The fourth-order valence-corrected chi connectivity index (χ4v) is 2.75. The van der Waals surface area contributed by atoms with Crippen LogP contribution in [0.3, 0.4) is 0 Å². The van der Waals surface area contributed by atoms with Crippen LogP contribution in [0, 0.1) is 0 Å². The Bertz CT molecular complexity index is 537. The molecule has 0 fully saturated rings. The molecule has 0 aliphatic carbocycles. The molecule has 2 rings (SSSR count). The molecule has 0 atom stereocenters. The van der Waals surface area contributed by atoms with Crippen molar-refractivity contribution in [2.75, 3.05) is 7.05 Å². The molecule has 0 amide bonds. The van der Waals surface area contributed by atoms with Crippen LogP contribution in [0.1, 0.15) is 21.3 Å². The van der Waals surface area contributed by atoms with E-state index in [-0.39, 0.29) is 11.4 Å². The monoisotopic (exact) mass is 287 g/mol. The van der Waals surface area contributed by atoms with Gasteiger partial charge in [-0.2, -0.15) is 13.2 Å². The largest absolute Gasteiger partial charge is 0.434 e. The van der Waals surface area contributed by atoms with E-state index in [4.69, 9.17) is 0 Å². The predicted octanol–water partition coefficient (Wildman–Crippen LogP) is 2.87. The van der Waals surface area contributed by atoms with Gasteiger partial charge in [0, 0.05) is 24.9 Å². The van der Waals surface area contributed by atoms with Crippen molar-refractivity contribution < 1.29 is 13.2 Å². The van der Waals surface area contributed by atoms with E-state index in [1.54, 1.807) is 31.4 Å². The molecular weight excluding hydrogens is 275 g/mol. The third-order valence-electron chi connectivity index (χ3n) is 2.41. The van der Waals surface area contributed by atoms with Crippen LogP contribution in [0.5, 0.6) is 0 Å². The summed E-state index contributed by atoms with van der Waals surface area (Å²) in [5, 5.41) is 3.16. The highest BCUT2D eigenvalue weighted by atomic mass is 32.1. The Labute approximate surface area is 112 Å². The molecule has 2 aromatic rings. The van der Waals surface area contributed by atoms with Crippen molar-refractivity contribution in [3.05, 3.63) is 45.7 Å². The smallest absolute Gasteiger partial charge is 0.315 e. The van der Waals surface area contributed by atoms with Crippen molar-refractivity contribution in [1.82, 2.24) is 15.3 Å². The maximum absolute atomic E-state index is 12.8. The number of hydrogen-bond acceptors (Lipinski definition) is 4. The molecule has 3 nitrogen and oxygen atoms in total. The summed E-state index contributed by atoms with van der Waals surface area (Å²) in [6.07, 6.45) is -2.48. The third kappa shape index (κ3) is 3.51. The topological polar surface area (TPSA) is 37.8 Å². The number of nitrogens with zero attached hydrogens (tertiary/aromatic N) is 2. The Morgan fingerprint density at radius 1 is 1.32 bits per heavy atom. The zero-order valence-corrected chi connectivity index (χ0v) is 11.0. The third-order valence-corrected chi connectivity index (χ3v) is 3.46. The quantitative estimate of drug-likeness (QED) is 0.939. The van der Waals surface area contributed by atoms with E-state index in [1.807, 2.05) is 0 Å². The number of pyridine rings is 1. The van der Waals surface area contributed by atoms with Crippen LogP contribution in [0.15, 0.2) is 24.4 Å². The van der Waals surface area contributed by atoms with E-state index in [0.717, 1.165) is 11.3 Å². The van der Waals surface area contributed by atoms with Gasteiger partial charge in [0.2, 0.25) is 0 Å². The Morgan fingerprint density at radius 2 is 2.11 bits per heavy atom. The first-order valence-corrected chi connectivity index (χ1v) is 6.42. The van der Waals surface area contributed by atoms with Gasteiger partial charge in [0.1, 0.15) is 0 Å². The van der Waals surface area contributed by atoms with E-state index in [9.17, 15) is 13.2 Å². The summed E-state index contributed by atoms with van der Waals surface area (Å²) in [5.41, 5.74) is -0.0845. The van der Waals surface area contributed by atoms with Crippen molar-refractivity contribution in [3.63, 3.8) is 0 Å². The average molecular weight is 287 g/mol. The molecule has 2 aromatic heterocycles. The second-order valence-electron chi connectivity index (χ2n) is 3.91. The van der Waals surface area contributed by atoms with E-state index in [1.165, 1.54) is 0 Å². The van der Waals surface area contributed by atoms with Crippen LogP contribution < -0.4 is 5.32 Å². The van der Waals surface area contributed by atoms with Gasteiger partial charge in [0.15, 0.2) is 5.69 Å². The minimum Gasteiger partial charge on any atom is -0.315 e. The van der Waals surface area contributed by atoms with Gasteiger partial charge in [-0.25, -0.2) is 4.98 Å². The maximum Gasteiger partial charge on any atom is 0.434 e. The van der Waals surface area contributed by atoms with Crippen molar-refractivity contribution >= 4 is 11.3 Å². The molecule has 0 aliphatic rings. The maximum atomic E-state index is 12.8. The first-order valence-electron chi connectivity index (χ1n) is 5.61. The van der Waals surface area contributed by atoms with Gasteiger partial charge in [0.25, 0.3) is 0 Å². The average Bonchev–Trinajstić information content (AvgIpc) is 2.74. The molecule has 0 bridgehead atoms. The fraction of sp³-hybridized carbons (Fsp3) is 0.333. The lowest BCUT2D eigenvalue weighted by Gasteiger charge is -2.04. The molecule has 0 aliphatic heterocycles. The summed E-state index contributed by atoms with van der Waals surface area (Å²) >= 11 is 1.07. The van der Waals surface area contributed by atoms with Gasteiger partial charge >= 0.3 is 6.18 Å². The minimum absolute atomic E-state index is 0.161. The predicted molar refractivity (Wildman–Crippen MR) is 66.9 cm³/mol. The number of thiazole rings is 1. The number of hydrogen-bond donors (Lipinski definition) is 1. The normalized spacial score (nSPS) is 11.8. The van der Waals surface area contributed by atoms with Crippen LogP contribution in [0.2, 0.25) is 0 Å². The van der Waals surface area contributed by atoms with Crippen LogP contribution in [-0.4, -0.2) is 17.0 Å². The van der Waals surface area contributed by atoms with Crippen LogP contribution in [0.25, 0.3) is 0 Å². The molecular formula is C12H12F3N3S. The summed E-state index contributed by atoms with van der Waals surface area (Å²) < 4.78 is 38.5. The second-order valence-corrected chi connectivity index (χ2v) is 5.07. The van der Waals surface area contributed by atoms with Gasteiger partial charge in [-0.1, -0.05) is 6.07 Å². The first-order chi connectivity index (χ1) is 9.00. The van der Waals surface area contributed by atoms with E-state index in [2.05, 4.69) is 15.3 Å². The van der Waals surface area contributed by atoms with Crippen molar-refractivity contribution in [1.29, 1.82) is 0 Å². The Kier molecular flexibility index (Phi) is 4.16. The van der Waals surface area contributed by atoms with E-state index in [0.29, 0.717) is 17.1 Å². The molecule has 0 saturated carbocycles. The Hall–Kier alpha value is -1.47. The standard InChI is InChI=1S/C12H12F3N3S/c1-16-7-9-11(12(13,14)15)18-10(19-9)6-8-4-2-3-5-17-8/h2-5,16H,6-7H2,1H3. The number of nitrogens with one attached hydrogen (secondary N) is 1. The van der Waals surface area contributed by atoms with Gasteiger partial charge in [-0.05, 0) is 19.2 Å². The molecule has 0 radical (unpaired) electrons. The van der Waals surface area contributed by atoms with Crippen LogP contribution >= 0.6 is 11.3 Å². The highest BCUT2D eigenvalue weighted by Crippen LogP contribution is 2.34. The van der Waals surface area contributed by atoms with Gasteiger partial charge in [-0.3, -0.25) is 4.98 Å². The first kappa shape index (κ1) is 14.0. The molecule has 0 saturated heterocycles. The molecule has 7 heteroatoms. The van der Waals surface area contributed by atoms with Crippen molar-refractivity contribution in [2.24, 2.45) is 0 Å². The molecule has 102 valence electrons. The zero-order chi connectivity index (χ0) is 13.9. The highest BCUT2D eigenvalue weighted by Gasteiger charge is 2.37. The van der Waals surface area contributed by atoms with E-state index >= 15 is 0 Å². The summed E-state index contributed by atoms with van der Waals surface area (Å²) in [7, 11) is 1.61. The lowest BCUT2D eigenvalue weighted by Crippen LogP contribution is -2.12. The van der Waals surface area contributed by atoms with Gasteiger partial charge in [0.05, 0.1) is 9.88 Å². The van der Waals surface area contributed by atoms with Crippen LogP contribution in [0.4, 0.5) is 13.2 Å². The van der Waals surface area contributed by atoms with E-state index < -0.39 is 11.9 Å². The highest BCUT2D eigenvalue weighted by molar-refractivity contribution is 7.11. The van der Waals surface area contributed by atoms with Gasteiger partial charge in [-0.15, -0.1) is 11.3 Å². The lowest BCUT2D eigenvalue weighted by molar-refractivity contribution is -0.141. The number of rotatable bonds is 4. The summed E-state index contributed by atoms with van der Waals surface area (Å²) in [4.78, 5) is 8.01. The van der Waals surface area contributed by atoms with Gasteiger partial charge < -0.3 is 5.32 Å². The zero-order valence-electron chi connectivity index (χ0n) is 10.2. The number of alkyl halides is 3. The SMILES string of the molecule is CNCc1sc(Cc2ccccn2)nc1C(F)(F)F. The molecule has 0 unspecified atom stereocenters. The summed E-state index contributed by atoms with van der Waals surface area (Å²) in [6, 6.07) is 5.33. The Balaban J connectivity index is 2.27. The lowest BCUT2D eigenvalue weighted by atomic mass is 10.3. The fourth-order valence-electron chi connectivity index (χ4n) is 1.64. The summed E-state index contributed by atoms with van der Waals surface area (Å²) in [6.45, 7) is 0.161. The van der Waals surface area contributed by atoms with Crippen LogP contribution in [-0.2, 0) is 19.1 Å². The molecule has 0 aromatic carbocycles. The van der Waals surface area contributed by atoms with Crippen molar-refractivity contribution in [3.8, 4) is 0 Å². The molecule has 0 spiro atoms.